The number of hydrogen-bond donors (Lipinski definition) is 1. The zero-order chi connectivity index (χ0) is 23.9. The van der Waals surface area contributed by atoms with Crippen LogP contribution in [0.15, 0.2) is 30.3 Å². The van der Waals surface area contributed by atoms with Gasteiger partial charge in [0.25, 0.3) is 0 Å². The summed E-state index contributed by atoms with van der Waals surface area (Å²) >= 11 is 0. The molecule has 1 saturated carbocycles. The third-order valence-corrected chi connectivity index (χ3v) is 6.20. The SMILES string of the molecule is Cc1ccccc1Cn1nc(C)c(NC(=O)C(C)Cn2nc(C(F)(F)F)cc2C2CC2)c1C. The lowest BCUT2D eigenvalue weighted by atomic mass is 10.1. The van der Waals surface area contributed by atoms with E-state index in [1.807, 2.05) is 49.7 Å². The van der Waals surface area contributed by atoms with E-state index in [1.54, 1.807) is 6.92 Å². The highest BCUT2D eigenvalue weighted by molar-refractivity contribution is 5.93. The van der Waals surface area contributed by atoms with E-state index in [9.17, 15) is 18.0 Å². The summed E-state index contributed by atoms with van der Waals surface area (Å²) in [6, 6.07) is 9.17. The molecule has 1 atom stereocenters. The summed E-state index contributed by atoms with van der Waals surface area (Å²) in [4.78, 5) is 12.9. The van der Waals surface area contributed by atoms with Crippen LogP contribution in [0.1, 0.15) is 59.6 Å². The molecule has 0 spiro atoms. The van der Waals surface area contributed by atoms with E-state index >= 15 is 0 Å². The van der Waals surface area contributed by atoms with Crippen molar-refractivity contribution in [1.82, 2.24) is 19.6 Å². The molecule has 9 heteroatoms. The molecule has 6 nitrogen and oxygen atoms in total. The van der Waals surface area contributed by atoms with E-state index in [2.05, 4.69) is 15.5 Å². The van der Waals surface area contributed by atoms with Gasteiger partial charge in [0, 0.05) is 11.6 Å². The fourth-order valence-electron chi connectivity index (χ4n) is 3.99. The lowest BCUT2D eigenvalue weighted by Gasteiger charge is -2.15. The van der Waals surface area contributed by atoms with Crippen LogP contribution >= 0.6 is 0 Å². The van der Waals surface area contributed by atoms with Crippen LogP contribution in [0.2, 0.25) is 0 Å². The molecular formula is C24H28F3N5O. The molecule has 1 aliphatic rings. The first-order valence-corrected chi connectivity index (χ1v) is 11.1. The summed E-state index contributed by atoms with van der Waals surface area (Å²) < 4.78 is 42.7. The molecule has 4 rings (SSSR count). The van der Waals surface area contributed by atoms with Crippen molar-refractivity contribution in [3.63, 3.8) is 0 Å². The van der Waals surface area contributed by atoms with Gasteiger partial charge in [0.1, 0.15) is 0 Å². The fraction of sp³-hybridized carbons (Fsp3) is 0.458. The van der Waals surface area contributed by atoms with E-state index < -0.39 is 17.8 Å². The molecule has 1 amide bonds. The van der Waals surface area contributed by atoms with Crippen LogP contribution in [0.4, 0.5) is 18.9 Å². The highest BCUT2D eigenvalue weighted by Crippen LogP contribution is 2.42. The largest absolute Gasteiger partial charge is 0.435 e. The summed E-state index contributed by atoms with van der Waals surface area (Å²) in [7, 11) is 0. The van der Waals surface area contributed by atoms with Crippen LogP contribution in [0.5, 0.6) is 0 Å². The number of anilines is 1. The number of amides is 1. The van der Waals surface area contributed by atoms with E-state index in [-0.39, 0.29) is 18.4 Å². The number of benzene rings is 1. The Hall–Kier alpha value is -3.10. The van der Waals surface area contributed by atoms with Crippen LogP contribution in [-0.4, -0.2) is 25.5 Å². The number of rotatable bonds is 7. The van der Waals surface area contributed by atoms with Crippen molar-refractivity contribution in [3.05, 3.63) is 64.2 Å². The lowest BCUT2D eigenvalue weighted by Crippen LogP contribution is -2.26. The molecule has 0 saturated heterocycles. The van der Waals surface area contributed by atoms with Gasteiger partial charge >= 0.3 is 6.18 Å². The lowest BCUT2D eigenvalue weighted by molar-refractivity contribution is -0.141. The predicted octanol–water partition coefficient (Wildman–Crippen LogP) is 5.22. The van der Waals surface area contributed by atoms with Crippen LogP contribution in [0.3, 0.4) is 0 Å². The maximum Gasteiger partial charge on any atom is 0.435 e. The number of aryl methyl sites for hydroxylation is 2. The minimum Gasteiger partial charge on any atom is -0.323 e. The Morgan fingerprint density at radius 2 is 1.85 bits per heavy atom. The Bertz CT molecular complexity index is 1170. The number of halogens is 3. The normalized spacial score (nSPS) is 15.0. The fourth-order valence-corrected chi connectivity index (χ4v) is 3.99. The van der Waals surface area contributed by atoms with Crippen molar-refractivity contribution in [1.29, 1.82) is 0 Å². The number of carbonyl (C=O) groups excluding carboxylic acids is 1. The maximum atomic E-state index is 13.2. The van der Waals surface area contributed by atoms with Crippen molar-refractivity contribution in [2.24, 2.45) is 5.92 Å². The van der Waals surface area contributed by atoms with Gasteiger partial charge in [-0.1, -0.05) is 31.2 Å². The second-order valence-corrected chi connectivity index (χ2v) is 8.93. The summed E-state index contributed by atoms with van der Waals surface area (Å²) in [6.45, 7) is 8.14. The van der Waals surface area contributed by atoms with Gasteiger partial charge in [-0.2, -0.15) is 23.4 Å². The monoisotopic (exact) mass is 459 g/mol. The smallest absolute Gasteiger partial charge is 0.323 e. The van der Waals surface area contributed by atoms with Gasteiger partial charge in [-0.05, 0) is 50.8 Å². The maximum absolute atomic E-state index is 13.2. The molecule has 1 aliphatic carbocycles. The van der Waals surface area contributed by atoms with Crippen LogP contribution in [-0.2, 0) is 24.1 Å². The number of nitrogens with zero attached hydrogens (tertiary/aromatic N) is 4. The molecule has 0 aliphatic heterocycles. The Labute approximate surface area is 190 Å². The quantitative estimate of drug-likeness (QED) is 0.527. The zero-order valence-electron chi connectivity index (χ0n) is 19.2. The van der Waals surface area contributed by atoms with E-state index in [1.165, 1.54) is 4.68 Å². The second kappa shape index (κ2) is 8.68. The summed E-state index contributed by atoms with van der Waals surface area (Å²) in [5.41, 5.74) is 4.11. The molecule has 0 bridgehead atoms. The second-order valence-electron chi connectivity index (χ2n) is 8.93. The van der Waals surface area contributed by atoms with Crippen LogP contribution in [0, 0.1) is 26.7 Å². The molecule has 2 aromatic heterocycles. The number of hydrogen-bond acceptors (Lipinski definition) is 3. The van der Waals surface area contributed by atoms with Crippen molar-refractivity contribution in [2.45, 2.75) is 65.7 Å². The van der Waals surface area contributed by atoms with Gasteiger partial charge in [0.05, 0.1) is 36.1 Å². The van der Waals surface area contributed by atoms with Crippen molar-refractivity contribution < 1.29 is 18.0 Å². The topological polar surface area (TPSA) is 64.7 Å². The van der Waals surface area contributed by atoms with E-state index in [0.29, 0.717) is 23.6 Å². The van der Waals surface area contributed by atoms with E-state index in [0.717, 1.165) is 35.7 Å². The minimum atomic E-state index is -4.50. The van der Waals surface area contributed by atoms with E-state index in [4.69, 9.17) is 0 Å². The standard InChI is InChI=1S/C24H28F3N5O/c1-14-7-5-6-8-19(14)13-31-17(4)22(16(3)29-31)28-23(33)15(2)12-32-20(18-9-10-18)11-21(30-32)24(25,26)27/h5-8,11,15,18H,9-10,12-13H2,1-4H3,(H,28,33). The number of nitrogens with one attached hydrogen (secondary N) is 1. The minimum absolute atomic E-state index is 0.0865. The van der Waals surface area contributed by atoms with Gasteiger partial charge in [0.2, 0.25) is 5.91 Å². The number of aromatic nitrogens is 4. The van der Waals surface area contributed by atoms with Crippen molar-refractivity contribution >= 4 is 11.6 Å². The van der Waals surface area contributed by atoms with Crippen LogP contribution < -0.4 is 5.32 Å². The Morgan fingerprint density at radius 3 is 2.48 bits per heavy atom. The Kier molecular flexibility index (Phi) is 6.07. The zero-order valence-corrected chi connectivity index (χ0v) is 19.2. The molecule has 2 heterocycles. The average molecular weight is 460 g/mol. The highest BCUT2D eigenvalue weighted by atomic mass is 19.4. The Balaban J connectivity index is 1.48. The average Bonchev–Trinajstić information content (AvgIpc) is 3.45. The first-order valence-electron chi connectivity index (χ1n) is 11.1. The molecular weight excluding hydrogens is 431 g/mol. The first-order chi connectivity index (χ1) is 15.5. The van der Waals surface area contributed by atoms with Gasteiger partial charge in [-0.3, -0.25) is 14.2 Å². The molecule has 1 aromatic carbocycles. The highest BCUT2D eigenvalue weighted by Gasteiger charge is 2.38. The molecule has 1 N–H and O–H groups in total. The third-order valence-electron chi connectivity index (χ3n) is 6.20. The summed E-state index contributed by atoms with van der Waals surface area (Å²) in [5, 5.41) is 11.3. The molecule has 176 valence electrons. The van der Waals surface area contributed by atoms with Gasteiger partial charge < -0.3 is 5.32 Å². The third kappa shape index (κ3) is 4.96. The summed E-state index contributed by atoms with van der Waals surface area (Å²) in [5.74, 6) is -0.752. The molecule has 3 aromatic rings. The van der Waals surface area contributed by atoms with Gasteiger partial charge in [0.15, 0.2) is 5.69 Å². The number of carbonyl (C=O) groups is 1. The Morgan fingerprint density at radius 1 is 1.15 bits per heavy atom. The molecule has 0 radical (unpaired) electrons. The summed E-state index contributed by atoms with van der Waals surface area (Å²) in [6.07, 6.45) is -2.80. The predicted molar refractivity (Wildman–Crippen MR) is 119 cm³/mol. The van der Waals surface area contributed by atoms with Gasteiger partial charge in [-0.25, -0.2) is 0 Å². The molecule has 33 heavy (non-hydrogen) atoms. The van der Waals surface area contributed by atoms with Crippen molar-refractivity contribution in [3.8, 4) is 0 Å². The van der Waals surface area contributed by atoms with Gasteiger partial charge in [-0.15, -0.1) is 0 Å². The van der Waals surface area contributed by atoms with Crippen LogP contribution in [0.25, 0.3) is 0 Å². The van der Waals surface area contributed by atoms with Crippen molar-refractivity contribution in [2.75, 3.05) is 5.32 Å². The first kappa shape index (κ1) is 23.1. The number of alkyl halides is 3. The molecule has 1 unspecified atom stereocenters. The molecule has 1 fully saturated rings.